The lowest BCUT2D eigenvalue weighted by Gasteiger charge is -2.30. The van der Waals surface area contributed by atoms with Crippen molar-refractivity contribution in [2.75, 3.05) is 23.7 Å². The summed E-state index contributed by atoms with van der Waals surface area (Å²) in [5, 5.41) is 8.98. The number of nitrogens with two attached hydrogens (primary N) is 1. The van der Waals surface area contributed by atoms with E-state index in [1.165, 1.54) is 30.5 Å². The first-order valence-corrected chi connectivity index (χ1v) is 5.77. The molecule has 0 spiro atoms. The quantitative estimate of drug-likeness (QED) is 0.732. The Morgan fingerprint density at radius 3 is 2.56 bits per heavy atom. The van der Waals surface area contributed by atoms with Crippen molar-refractivity contribution in [3.63, 3.8) is 0 Å². The van der Waals surface area contributed by atoms with Crippen LogP contribution in [-0.2, 0) is 0 Å². The molecule has 0 aromatic heterocycles. The summed E-state index contributed by atoms with van der Waals surface area (Å²) in [6.07, 6.45) is 3.80. The third kappa shape index (κ3) is 1.96. The Balaban J connectivity index is 2.36. The van der Waals surface area contributed by atoms with Gasteiger partial charge in [0.2, 0.25) is 0 Å². The number of piperidine rings is 1. The summed E-state index contributed by atoms with van der Waals surface area (Å²) in [5.74, 6) is 0. The second kappa shape index (κ2) is 4.44. The minimum Gasteiger partial charge on any atom is -0.398 e. The predicted molar refractivity (Wildman–Crippen MR) is 66.4 cm³/mol. The van der Waals surface area contributed by atoms with Crippen molar-refractivity contribution in [1.29, 1.82) is 5.26 Å². The van der Waals surface area contributed by atoms with Crippen LogP contribution in [-0.4, -0.2) is 13.1 Å². The fourth-order valence-corrected chi connectivity index (χ4v) is 2.29. The number of nitriles is 1. The van der Waals surface area contributed by atoms with Gasteiger partial charge in [-0.05, 0) is 43.9 Å². The number of nitrogens with zero attached hydrogens (tertiary/aromatic N) is 2. The van der Waals surface area contributed by atoms with Gasteiger partial charge in [-0.15, -0.1) is 0 Å². The molecule has 1 aromatic carbocycles. The highest BCUT2D eigenvalue weighted by Gasteiger charge is 2.14. The summed E-state index contributed by atoms with van der Waals surface area (Å²) in [6, 6.07) is 5.98. The van der Waals surface area contributed by atoms with E-state index in [-0.39, 0.29) is 0 Å². The Morgan fingerprint density at radius 1 is 1.25 bits per heavy atom. The first-order valence-electron chi connectivity index (χ1n) is 5.77. The van der Waals surface area contributed by atoms with Crippen molar-refractivity contribution in [2.24, 2.45) is 0 Å². The maximum atomic E-state index is 8.98. The van der Waals surface area contributed by atoms with Crippen LogP contribution in [0.25, 0.3) is 0 Å². The highest BCUT2D eigenvalue weighted by molar-refractivity contribution is 5.66. The summed E-state index contributed by atoms with van der Waals surface area (Å²) in [6.45, 7) is 4.24. The van der Waals surface area contributed by atoms with E-state index in [9.17, 15) is 0 Å². The lowest BCUT2D eigenvalue weighted by Crippen LogP contribution is -2.30. The van der Waals surface area contributed by atoms with Crippen LogP contribution in [0, 0.1) is 18.3 Å². The molecule has 84 valence electrons. The normalized spacial score (nSPS) is 15.9. The van der Waals surface area contributed by atoms with E-state index in [1.54, 1.807) is 0 Å². The molecular formula is C13H17N3. The Bertz CT molecular complexity index is 426. The fraction of sp³-hybridized carbons (Fsp3) is 0.462. The number of nitrogen functional groups attached to an aromatic ring is 1. The summed E-state index contributed by atoms with van der Waals surface area (Å²) in [5.41, 5.74) is 9.30. The van der Waals surface area contributed by atoms with E-state index < -0.39 is 0 Å². The molecule has 0 aliphatic carbocycles. The van der Waals surface area contributed by atoms with Crippen molar-refractivity contribution in [3.8, 4) is 6.07 Å². The summed E-state index contributed by atoms with van der Waals surface area (Å²) < 4.78 is 0. The van der Waals surface area contributed by atoms with Gasteiger partial charge in [0, 0.05) is 24.5 Å². The number of anilines is 2. The van der Waals surface area contributed by atoms with Crippen molar-refractivity contribution in [3.05, 3.63) is 23.3 Å². The average Bonchev–Trinajstić information content (AvgIpc) is 2.30. The summed E-state index contributed by atoms with van der Waals surface area (Å²) >= 11 is 0. The fourth-order valence-electron chi connectivity index (χ4n) is 2.29. The SMILES string of the molecule is Cc1cc(N)c(C#N)cc1N1CCCCC1. The molecule has 0 amide bonds. The first-order chi connectivity index (χ1) is 7.72. The molecule has 2 N–H and O–H groups in total. The van der Waals surface area contributed by atoms with Gasteiger partial charge in [-0.3, -0.25) is 0 Å². The Labute approximate surface area is 96.5 Å². The molecule has 1 saturated heterocycles. The molecule has 16 heavy (non-hydrogen) atoms. The average molecular weight is 215 g/mol. The zero-order chi connectivity index (χ0) is 11.5. The number of aryl methyl sites for hydroxylation is 1. The molecule has 0 radical (unpaired) electrons. The lowest BCUT2D eigenvalue weighted by molar-refractivity contribution is 0.577. The van der Waals surface area contributed by atoms with Crippen LogP contribution in [0.2, 0.25) is 0 Å². The minimum absolute atomic E-state index is 0.584. The van der Waals surface area contributed by atoms with E-state index in [1.807, 2.05) is 12.1 Å². The predicted octanol–water partition coefficient (Wildman–Crippen LogP) is 2.44. The molecule has 0 bridgehead atoms. The molecular weight excluding hydrogens is 198 g/mol. The van der Waals surface area contributed by atoms with Crippen LogP contribution in [0.5, 0.6) is 0 Å². The lowest BCUT2D eigenvalue weighted by atomic mass is 10.0. The molecule has 1 heterocycles. The van der Waals surface area contributed by atoms with E-state index in [4.69, 9.17) is 11.0 Å². The highest BCUT2D eigenvalue weighted by Crippen LogP contribution is 2.27. The molecule has 1 fully saturated rings. The summed E-state index contributed by atoms with van der Waals surface area (Å²) in [4.78, 5) is 2.36. The maximum Gasteiger partial charge on any atom is 0.101 e. The number of hydrogen-bond donors (Lipinski definition) is 1. The second-order valence-corrected chi connectivity index (χ2v) is 4.39. The van der Waals surface area contributed by atoms with E-state index >= 15 is 0 Å². The van der Waals surface area contributed by atoms with Gasteiger partial charge >= 0.3 is 0 Å². The van der Waals surface area contributed by atoms with E-state index in [0.29, 0.717) is 11.3 Å². The van der Waals surface area contributed by atoms with Gasteiger partial charge in [0.05, 0.1) is 5.56 Å². The molecule has 3 heteroatoms. The molecule has 0 atom stereocenters. The van der Waals surface area contributed by atoms with Crippen molar-refractivity contribution in [2.45, 2.75) is 26.2 Å². The molecule has 3 nitrogen and oxygen atoms in total. The molecule has 0 saturated carbocycles. The van der Waals surface area contributed by atoms with Crippen molar-refractivity contribution >= 4 is 11.4 Å². The van der Waals surface area contributed by atoms with Crippen LogP contribution in [0.3, 0.4) is 0 Å². The maximum absolute atomic E-state index is 8.98. The topological polar surface area (TPSA) is 53.1 Å². The Kier molecular flexibility index (Phi) is 3.00. The molecule has 1 aromatic rings. The van der Waals surface area contributed by atoms with Gasteiger partial charge < -0.3 is 10.6 Å². The van der Waals surface area contributed by atoms with Crippen LogP contribution < -0.4 is 10.6 Å². The number of benzene rings is 1. The van der Waals surface area contributed by atoms with Crippen LogP contribution in [0.4, 0.5) is 11.4 Å². The molecule has 0 unspecified atom stereocenters. The Morgan fingerprint density at radius 2 is 1.94 bits per heavy atom. The van der Waals surface area contributed by atoms with Gasteiger partial charge in [-0.2, -0.15) is 5.26 Å². The van der Waals surface area contributed by atoms with Crippen LogP contribution in [0.15, 0.2) is 12.1 Å². The molecule has 2 rings (SSSR count). The largest absolute Gasteiger partial charge is 0.398 e. The van der Waals surface area contributed by atoms with Crippen LogP contribution in [0.1, 0.15) is 30.4 Å². The third-order valence-corrected chi connectivity index (χ3v) is 3.19. The van der Waals surface area contributed by atoms with Gasteiger partial charge in [-0.1, -0.05) is 0 Å². The first kappa shape index (κ1) is 10.8. The van der Waals surface area contributed by atoms with Crippen molar-refractivity contribution in [1.82, 2.24) is 0 Å². The molecule has 1 aliphatic heterocycles. The Hall–Kier alpha value is -1.69. The van der Waals surface area contributed by atoms with Gasteiger partial charge in [0.15, 0.2) is 0 Å². The van der Waals surface area contributed by atoms with Crippen LogP contribution >= 0.6 is 0 Å². The number of rotatable bonds is 1. The minimum atomic E-state index is 0.584. The zero-order valence-electron chi connectivity index (χ0n) is 9.66. The highest BCUT2D eigenvalue weighted by atomic mass is 15.1. The smallest absolute Gasteiger partial charge is 0.101 e. The van der Waals surface area contributed by atoms with Gasteiger partial charge in [-0.25, -0.2) is 0 Å². The molecule has 1 aliphatic rings. The van der Waals surface area contributed by atoms with E-state index in [0.717, 1.165) is 13.1 Å². The number of hydrogen-bond acceptors (Lipinski definition) is 3. The second-order valence-electron chi connectivity index (χ2n) is 4.39. The van der Waals surface area contributed by atoms with Crippen molar-refractivity contribution < 1.29 is 0 Å². The third-order valence-electron chi connectivity index (χ3n) is 3.19. The zero-order valence-corrected chi connectivity index (χ0v) is 9.66. The van der Waals surface area contributed by atoms with Gasteiger partial charge in [0.1, 0.15) is 6.07 Å². The summed E-state index contributed by atoms with van der Waals surface area (Å²) in [7, 11) is 0. The van der Waals surface area contributed by atoms with E-state index in [2.05, 4.69) is 17.9 Å². The monoisotopic (exact) mass is 215 g/mol. The van der Waals surface area contributed by atoms with Gasteiger partial charge in [0.25, 0.3) is 0 Å². The standard InChI is InChI=1S/C13H17N3/c1-10-7-12(15)11(9-14)8-13(10)16-5-3-2-4-6-16/h7-8H,2-6,15H2,1H3.